The van der Waals surface area contributed by atoms with Gasteiger partial charge < -0.3 is 9.84 Å². The predicted molar refractivity (Wildman–Crippen MR) is 96.0 cm³/mol. The van der Waals surface area contributed by atoms with Crippen LogP contribution in [0.15, 0.2) is 30.3 Å². The standard InChI is InChI=1S/C21H29NO3/c23-20(25-19-15-22-13-11-16(19)12-14-22)21(24,17-7-3-1-4-8-17)18-9-5-2-6-10-18/h1,3-4,7-8,16,18-19,24H,2,5-6,9-15H2/t19?,21-/m0/s1. The van der Waals surface area contributed by atoms with Crippen molar-refractivity contribution < 1.29 is 14.6 Å². The molecule has 0 radical (unpaired) electrons. The summed E-state index contributed by atoms with van der Waals surface area (Å²) in [5.41, 5.74) is -0.818. The van der Waals surface area contributed by atoms with Gasteiger partial charge in [0, 0.05) is 12.5 Å². The molecular formula is C21H29NO3. The molecule has 2 bridgehead atoms. The molecule has 0 amide bonds. The van der Waals surface area contributed by atoms with Crippen LogP contribution in [0.3, 0.4) is 0 Å². The van der Waals surface area contributed by atoms with E-state index in [-0.39, 0.29) is 12.0 Å². The molecule has 1 aromatic rings. The molecule has 0 aromatic heterocycles. The fourth-order valence-corrected chi connectivity index (χ4v) is 5.00. The van der Waals surface area contributed by atoms with Crippen molar-refractivity contribution in [2.24, 2.45) is 11.8 Å². The summed E-state index contributed by atoms with van der Waals surface area (Å²) in [5, 5.41) is 11.6. The molecule has 4 heteroatoms. The molecule has 136 valence electrons. The summed E-state index contributed by atoms with van der Waals surface area (Å²) in [4.78, 5) is 15.6. The van der Waals surface area contributed by atoms with E-state index >= 15 is 0 Å². The second kappa shape index (κ2) is 7.08. The van der Waals surface area contributed by atoms with E-state index in [1.807, 2.05) is 30.3 Å². The van der Waals surface area contributed by atoms with E-state index in [4.69, 9.17) is 4.74 Å². The molecule has 4 fully saturated rings. The fourth-order valence-electron chi connectivity index (χ4n) is 5.00. The Hall–Kier alpha value is -1.39. The van der Waals surface area contributed by atoms with Gasteiger partial charge in [0.15, 0.2) is 5.60 Å². The first-order valence-electron chi connectivity index (χ1n) is 9.89. The van der Waals surface area contributed by atoms with Gasteiger partial charge in [0.2, 0.25) is 0 Å². The highest BCUT2D eigenvalue weighted by molar-refractivity contribution is 5.81. The lowest BCUT2D eigenvalue weighted by atomic mass is 9.73. The Morgan fingerprint density at radius 1 is 1.04 bits per heavy atom. The van der Waals surface area contributed by atoms with Crippen molar-refractivity contribution in [2.45, 2.75) is 56.7 Å². The third kappa shape index (κ3) is 3.22. The second-order valence-electron chi connectivity index (χ2n) is 8.05. The first kappa shape index (κ1) is 17.0. The minimum absolute atomic E-state index is 0.0442. The van der Waals surface area contributed by atoms with Gasteiger partial charge in [0.1, 0.15) is 6.10 Å². The van der Waals surface area contributed by atoms with E-state index in [2.05, 4.69) is 4.90 Å². The van der Waals surface area contributed by atoms with Gasteiger partial charge in [-0.05, 0) is 50.3 Å². The van der Waals surface area contributed by atoms with Crippen LogP contribution in [-0.2, 0) is 15.1 Å². The Morgan fingerprint density at radius 2 is 1.72 bits per heavy atom. The number of rotatable bonds is 4. The molecule has 1 saturated carbocycles. The van der Waals surface area contributed by atoms with Crippen LogP contribution < -0.4 is 0 Å². The maximum atomic E-state index is 13.2. The van der Waals surface area contributed by atoms with Crippen molar-refractivity contribution in [1.82, 2.24) is 4.90 Å². The molecule has 3 saturated heterocycles. The van der Waals surface area contributed by atoms with Gasteiger partial charge in [0.25, 0.3) is 0 Å². The smallest absolute Gasteiger partial charge is 0.343 e. The third-order valence-corrected chi connectivity index (χ3v) is 6.58. The molecule has 1 unspecified atom stereocenters. The third-order valence-electron chi connectivity index (χ3n) is 6.58. The van der Waals surface area contributed by atoms with Crippen molar-refractivity contribution in [3.05, 3.63) is 35.9 Å². The van der Waals surface area contributed by atoms with E-state index in [1.54, 1.807) is 0 Å². The normalized spacial score (nSPS) is 32.1. The van der Waals surface area contributed by atoms with Gasteiger partial charge in [-0.25, -0.2) is 4.79 Å². The number of piperidine rings is 3. The number of esters is 1. The van der Waals surface area contributed by atoms with Crippen molar-refractivity contribution in [3.8, 4) is 0 Å². The molecule has 2 atom stereocenters. The van der Waals surface area contributed by atoms with Gasteiger partial charge in [0.05, 0.1) is 0 Å². The summed E-state index contributed by atoms with van der Waals surface area (Å²) < 4.78 is 5.97. The average molecular weight is 343 g/mol. The average Bonchev–Trinajstić information content (AvgIpc) is 2.69. The monoisotopic (exact) mass is 343 g/mol. The number of hydrogen-bond donors (Lipinski definition) is 1. The highest BCUT2D eigenvalue weighted by Gasteiger charge is 2.49. The number of hydrogen-bond acceptors (Lipinski definition) is 4. The molecule has 3 heterocycles. The zero-order valence-corrected chi connectivity index (χ0v) is 14.9. The number of carbonyl (C=O) groups excluding carboxylic acids is 1. The van der Waals surface area contributed by atoms with E-state index in [9.17, 15) is 9.90 Å². The van der Waals surface area contributed by atoms with Crippen LogP contribution in [0, 0.1) is 11.8 Å². The minimum atomic E-state index is -1.51. The largest absolute Gasteiger partial charge is 0.458 e. The molecule has 4 nitrogen and oxygen atoms in total. The number of ether oxygens (including phenoxy) is 1. The van der Waals surface area contributed by atoms with Gasteiger partial charge in [-0.3, -0.25) is 4.90 Å². The summed E-state index contributed by atoms with van der Waals surface area (Å²) in [7, 11) is 0. The highest BCUT2D eigenvalue weighted by Crippen LogP contribution is 2.41. The predicted octanol–water partition coefficient (Wildman–Crippen LogP) is 3.09. The van der Waals surface area contributed by atoms with Crippen LogP contribution in [0.2, 0.25) is 0 Å². The van der Waals surface area contributed by atoms with Crippen molar-refractivity contribution >= 4 is 5.97 Å². The van der Waals surface area contributed by atoms with E-state index < -0.39 is 11.6 Å². The molecule has 1 aromatic carbocycles. The van der Waals surface area contributed by atoms with Crippen LogP contribution in [-0.4, -0.2) is 41.7 Å². The number of aliphatic hydroxyl groups is 1. The second-order valence-corrected chi connectivity index (χ2v) is 8.05. The number of benzene rings is 1. The van der Waals surface area contributed by atoms with Crippen LogP contribution in [0.25, 0.3) is 0 Å². The van der Waals surface area contributed by atoms with Crippen molar-refractivity contribution in [3.63, 3.8) is 0 Å². The molecule has 0 spiro atoms. The van der Waals surface area contributed by atoms with Crippen LogP contribution in [0.4, 0.5) is 0 Å². The van der Waals surface area contributed by atoms with Crippen molar-refractivity contribution in [2.75, 3.05) is 19.6 Å². The Labute approximate surface area is 150 Å². The zero-order chi connectivity index (χ0) is 17.3. The number of nitrogens with zero attached hydrogens (tertiary/aromatic N) is 1. The van der Waals surface area contributed by atoms with Crippen molar-refractivity contribution in [1.29, 1.82) is 0 Å². The Balaban J connectivity index is 1.58. The maximum Gasteiger partial charge on any atom is 0.343 e. The molecule has 3 aliphatic heterocycles. The summed E-state index contributed by atoms with van der Waals surface area (Å²) in [6.07, 6.45) is 7.27. The molecule has 25 heavy (non-hydrogen) atoms. The lowest BCUT2D eigenvalue weighted by molar-refractivity contribution is -0.189. The van der Waals surface area contributed by atoms with Crippen LogP contribution in [0.5, 0.6) is 0 Å². The van der Waals surface area contributed by atoms with E-state index in [0.29, 0.717) is 11.5 Å². The van der Waals surface area contributed by atoms with Gasteiger partial charge in [-0.1, -0.05) is 49.6 Å². The molecule has 5 rings (SSSR count). The van der Waals surface area contributed by atoms with Gasteiger partial charge >= 0.3 is 5.97 Å². The quantitative estimate of drug-likeness (QED) is 0.854. The van der Waals surface area contributed by atoms with E-state index in [1.165, 1.54) is 6.42 Å². The first-order valence-corrected chi connectivity index (χ1v) is 9.89. The number of carbonyl (C=O) groups is 1. The number of fused-ring (bicyclic) bond motifs is 3. The topological polar surface area (TPSA) is 49.8 Å². The van der Waals surface area contributed by atoms with E-state index in [0.717, 1.165) is 58.2 Å². The lowest BCUT2D eigenvalue weighted by Gasteiger charge is -2.45. The maximum absolute atomic E-state index is 13.2. The first-order chi connectivity index (χ1) is 12.2. The summed E-state index contributed by atoms with van der Waals surface area (Å²) in [6.45, 7) is 3.06. The molecule has 4 aliphatic rings. The zero-order valence-electron chi connectivity index (χ0n) is 14.9. The molecular weight excluding hydrogens is 314 g/mol. The lowest BCUT2D eigenvalue weighted by Crippen LogP contribution is -2.54. The summed E-state index contributed by atoms with van der Waals surface area (Å²) in [6, 6.07) is 9.44. The van der Waals surface area contributed by atoms with Crippen LogP contribution in [0.1, 0.15) is 50.5 Å². The Morgan fingerprint density at radius 3 is 2.32 bits per heavy atom. The molecule has 1 aliphatic carbocycles. The highest BCUT2D eigenvalue weighted by atomic mass is 16.6. The summed E-state index contributed by atoms with van der Waals surface area (Å²) >= 11 is 0. The summed E-state index contributed by atoms with van der Waals surface area (Å²) in [5.74, 6) is -0.0121. The van der Waals surface area contributed by atoms with Gasteiger partial charge in [-0.2, -0.15) is 0 Å². The fraction of sp³-hybridized carbons (Fsp3) is 0.667. The Kier molecular flexibility index (Phi) is 4.83. The minimum Gasteiger partial charge on any atom is -0.458 e. The SMILES string of the molecule is O=C(OC1CN2CCC1CC2)[C@](O)(c1ccccc1)C1CCCCC1. The van der Waals surface area contributed by atoms with Gasteiger partial charge in [-0.15, -0.1) is 0 Å². The Bertz CT molecular complexity index is 590. The molecule has 1 N–H and O–H groups in total. The van der Waals surface area contributed by atoms with Crippen LogP contribution >= 0.6 is 0 Å².